The van der Waals surface area contributed by atoms with Crippen molar-refractivity contribution >= 4 is 11.8 Å². The van der Waals surface area contributed by atoms with E-state index in [0.717, 1.165) is 64.6 Å². The summed E-state index contributed by atoms with van der Waals surface area (Å²) >= 11 is 0. The molecule has 4 nitrogen and oxygen atoms in total. The highest BCUT2D eigenvalue weighted by Gasteiger charge is 2.33. The number of fused-ring (bicyclic) bond motifs is 1. The first-order valence-electron chi connectivity index (χ1n) is 10.2. The van der Waals surface area contributed by atoms with E-state index < -0.39 is 0 Å². The zero-order chi connectivity index (χ0) is 18.5. The van der Waals surface area contributed by atoms with Gasteiger partial charge in [-0.1, -0.05) is 37.6 Å². The lowest BCUT2D eigenvalue weighted by Gasteiger charge is -2.35. The molecule has 1 aliphatic carbocycles. The molecule has 1 heterocycles. The summed E-state index contributed by atoms with van der Waals surface area (Å²) in [4.78, 5) is 29.4. The minimum absolute atomic E-state index is 0.102. The van der Waals surface area contributed by atoms with Crippen LogP contribution in [0.1, 0.15) is 56.6 Å². The first kappa shape index (κ1) is 18.9. The van der Waals surface area contributed by atoms with E-state index in [0.29, 0.717) is 5.91 Å². The molecular formula is C22H32N2O2. The van der Waals surface area contributed by atoms with Crippen molar-refractivity contribution in [3.63, 3.8) is 0 Å². The van der Waals surface area contributed by atoms with Crippen molar-refractivity contribution in [2.45, 2.75) is 58.4 Å². The number of unbranched alkanes of at least 4 members (excludes halogenated alkanes) is 1. The molecule has 1 aromatic rings. The Labute approximate surface area is 157 Å². The van der Waals surface area contributed by atoms with Gasteiger partial charge in [0.1, 0.15) is 0 Å². The fraction of sp³-hybridized carbons (Fsp3) is 0.636. The van der Waals surface area contributed by atoms with Gasteiger partial charge in [0, 0.05) is 38.5 Å². The van der Waals surface area contributed by atoms with Gasteiger partial charge in [0.15, 0.2) is 0 Å². The van der Waals surface area contributed by atoms with Crippen LogP contribution in [0.25, 0.3) is 0 Å². The van der Waals surface area contributed by atoms with Gasteiger partial charge < -0.3 is 9.80 Å². The van der Waals surface area contributed by atoms with E-state index in [2.05, 4.69) is 31.2 Å². The van der Waals surface area contributed by atoms with Gasteiger partial charge in [-0.05, 0) is 49.7 Å². The number of rotatable bonds is 5. The summed E-state index contributed by atoms with van der Waals surface area (Å²) in [5.41, 5.74) is 2.66. The predicted molar refractivity (Wildman–Crippen MR) is 104 cm³/mol. The van der Waals surface area contributed by atoms with Gasteiger partial charge in [0.25, 0.3) is 0 Å². The SMILES string of the molecule is CCCCN(C)C(=O)C1CCC(C(=O)N2CCc3ccccc3C2)CC1. The normalized spacial score (nSPS) is 22.6. The molecule has 0 spiro atoms. The molecule has 0 N–H and O–H groups in total. The summed E-state index contributed by atoms with van der Waals surface area (Å²) in [6.07, 6.45) is 6.55. The zero-order valence-electron chi connectivity index (χ0n) is 16.2. The molecule has 142 valence electrons. The lowest BCUT2D eigenvalue weighted by atomic mass is 9.80. The molecule has 1 fully saturated rings. The van der Waals surface area contributed by atoms with Gasteiger partial charge in [-0.25, -0.2) is 0 Å². The van der Waals surface area contributed by atoms with E-state index in [1.165, 1.54) is 11.1 Å². The van der Waals surface area contributed by atoms with Crippen molar-refractivity contribution in [3.05, 3.63) is 35.4 Å². The molecule has 0 radical (unpaired) electrons. The summed E-state index contributed by atoms with van der Waals surface area (Å²) in [6, 6.07) is 8.43. The predicted octanol–water partition coefficient (Wildman–Crippen LogP) is 3.64. The van der Waals surface area contributed by atoms with Crippen molar-refractivity contribution in [1.29, 1.82) is 0 Å². The van der Waals surface area contributed by atoms with Crippen LogP contribution >= 0.6 is 0 Å². The van der Waals surface area contributed by atoms with Crippen LogP contribution < -0.4 is 0 Å². The fourth-order valence-corrected chi connectivity index (χ4v) is 4.35. The molecular weight excluding hydrogens is 324 g/mol. The van der Waals surface area contributed by atoms with Gasteiger partial charge in [-0.3, -0.25) is 9.59 Å². The van der Waals surface area contributed by atoms with E-state index in [1.54, 1.807) is 0 Å². The number of nitrogens with zero attached hydrogens (tertiary/aromatic N) is 2. The van der Waals surface area contributed by atoms with Gasteiger partial charge in [0.2, 0.25) is 11.8 Å². The highest BCUT2D eigenvalue weighted by Crippen LogP contribution is 2.32. The number of hydrogen-bond acceptors (Lipinski definition) is 2. The Balaban J connectivity index is 1.50. The maximum atomic E-state index is 12.9. The minimum atomic E-state index is 0.102. The summed E-state index contributed by atoms with van der Waals surface area (Å²) < 4.78 is 0. The third-order valence-electron chi connectivity index (χ3n) is 6.09. The average Bonchev–Trinajstić information content (AvgIpc) is 2.70. The van der Waals surface area contributed by atoms with Crippen molar-refractivity contribution in [2.75, 3.05) is 20.1 Å². The van der Waals surface area contributed by atoms with Crippen LogP contribution in [-0.2, 0) is 22.6 Å². The van der Waals surface area contributed by atoms with Gasteiger partial charge in [-0.15, -0.1) is 0 Å². The Morgan fingerprint density at radius 1 is 1.08 bits per heavy atom. The monoisotopic (exact) mass is 356 g/mol. The first-order valence-corrected chi connectivity index (χ1v) is 10.2. The van der Waals surface area contributed by atoms with E-state index in [4.69, 9.17) is 0 Å². The van der Waals surface area contributed by atoms with Crippen molar-refractivity contribution in [2.24, 2.45) is 11.8 Å². The van der Waals surface area contributed by atoms with E-state index >= 15 is 0 Å². The lowest BCUT2D eigenvalue weighted by Crippen LogP contribution is -2.42. The summed E-state index contributed by atoms with van der Waals surface area (Å²) in [5.74, 6) is 0.786. The summed E-state index contributed by atoms with van der Waals surface area (Å²) in [7, 11) is 1.92. The summed E-state index contributed by atoms with van der Waals surface area (Å²) in [5, 5.41) is 0. The molecule has 0 bridgehead atoms. The van der Waals surface area contributed by atoms with Crippen molar-refractivity contribution in [1.82, 2.24) is 9.80 Å². The number of carbonyl (C=O) groups is 2. The summed E-state index contributed by atoms with van der Waals surface area (Å²) in [6.45, 7) is 4.57. The Bertz CT molecular complexity index is 635. The molecule has 0 atom stereocenters. The van der Waals surface area contributed by atoms with Crippen LogP contribution in [-0.4, -0.2) is 41.8 Å². The molecule has 0 aromatic heterocycles. The molecule has 0 unspecified atom stereocenters. The van der Waals surface area contributed by atoms with Gasteiger partial charge in [0.05, 0.1) is 0 Å². The third kappa shape index (κ3) is 4.28. The second-order valence-electron chi connectivity index (χ2n) is 7.94. The Kier molecular flexibility index (Phi) is 6.33. The average molecular weight is 357 g/mol. The highest BCUT2D eigenvalue weighted by atomic mass is 16.2. The van der Waals surface area contributed by atoms with E-state index in [-0.39, 0.29) is 17.7 Å². The standard InChI is InChI=1S/C22H32N2O2/c1-3-4-14-23(2)21(25)18-9-11-19(12-10-18)22(26)24-15-13-17-7-5-6-8-20(17)16-24/h5-8,18-19H,3-4,9-16H2,1-2H3. The number of benzene rings is 1. The van der Waals surface area contributed by atoms with Crippen LogP contribution in [0.4, 0.5) is 0 Å². The third-order valence-corrected chi connectivity index (χ3v) is 6.09. The molecule has 1 aliphatic heterocycles. The molecule has 0 saturated heterocycles. The van der Waals surface area contributed by atoms with Crippen LogP contribution in [0.5, 0.6) is 0 Å². The van der Waals surface area contributed by atoms with Crippen LogP contribution in [0.3, 0.4) is 0 Å². The van der Waals surface area contributed by atoms with Crippen LogP contribution in [0.15, 0.2) is 24.3 Å². The van der Waals surface area contributed by atoms with Crippen molar-refractivity contribution < 1.29 is 9.59 Å². The Hall–Kier alpha value is -1.84. The highest BCUT2D eigenvalue weighted by molar-refractivity contribution is 5.81. The first-order chi connectivity index (χ1) is 12.6. The van der Waals surface area contributed by atoms with Crippen LogP contribution in [0, 0.1) is 11.8 Å². The van der Waals surface area contributed by atoms with Crippen molar-refractivity contribution in [3.8, 4) is 0 Å². The smallest absolute Gasteiger partial charge is 0.225 e. The van der Waals surface area contributed by atoms with Gasteiger partial charge in [-0.2, -0.15) is 0 Å². The Morgan fingerprint density at radius 2 is 1.73 bits per heavy atom. The van der Waals surface area contributed by atoms with Gasteiger partial charge >= 0.3 is 0 Å². The maximum Gasteiger partial charge on any atom is 0.225 e. The van der Waals surface area contributed by atoms with Crippen LogP contribution in [0.2, 0.25) is 0 Å². The molecule has 1 aromatic carbocycles. The van der Waals surface area contributed by atoms with E-state index in [1.807, 2.05) is 16.8 Å². The second kappa shape index (κ2) is 8.70. The fourth-order valence-electron chi connectivity index (χ4n) is 4.35. The second-order valence-corrected chi connectivity index (χ2v) is 7.94. The number of hydrogen-bond donors (Lipinski definition) is 0. The van der Waals surface area contributed by atoms with E-state index in [9.17, 15) is 9.59 Å². The number of amides is 2. The molecule has 2 amide bonds. The zero-order valence-corrected chi connectivity index (χ0v) is 16.2. The number of carbonyl (C=O) groups excluding carboxylic acids is 2. The molecule has 4 heteroatoms. The topological polar surface area (TPSA) is 40.6 Å². The Morgan fingerprint density at radius 3 is 2.42 bits per heavy atom. The lowest BCUT2D eigenvalue weighted by molar-refractivity contribution is -0.141. The molecule has 3 rings (SSSR count). The quantitative estimate of drug-likeness (QED) is 0.808. The molecule has 1 saturated carbocycles. The molecule has 2 aliphatic rings. The maximum absolute atomic E-state index is 12.9. The molecule has 26 heavy (non-hydrogen) atoms. The minimum Gasteiger partial charge on any atom is -0.346 e. The largest absolute Gasteiger partial charge is 0.346 e.